The van der Waals surface area contributed by atoms with Crippen molar-refractivity contribution in [2.75, 3.05) is 0 Å². The molecule has 0 amide bonds. The molecule has 16 aromatic rings. The van der Waals surface area contributed by atoms with E-state index in [-0.39, 0.29) is 0 Å². The molecule has 0 spiro atoms. The average molecular weight is 895 g/mol. The van der Waals surface area contributed by atoms with Crippen LogP contribution >= 0.6 is 0 Å². The van der Waals surface area contributed by atoms with Gasteiger partial charge in [-0.1, -0.05) is 133 Å². The lowest BCUT2D eigenvalue weighted by molar-refractivity contribution is 0.668. The van der Waals surface area contributed by atoms with Crippen molar-refractivity contribution in [1.82, 2.24) is 19.5 Å². The molecule has 7 nitrogen and oxygen atoms in total. The number of para-hydroxylation sites is 3. The second kappa shape index (κ2) is 14.0. The molecule has 0 saturated heterocycles. The summed E-state index contributed by atoms with van der Waals surface area (Å²) in [5.41, 5.74) is 10.4. The predicted molar refractivity (Wildman–Crippen MR) is 285 cm³/mol. The summed E-state index contributed by atoms with van der Waals surface area (Å²) in [6, 6.07) is 72.3. The van der Waals surface area contributed by atoms with Gasteiger partial charge in [-0.05, 0) is 105 Å². The van der Waals surface area contributed by atoms with Crippen LogP contribution in [0.1, 0.15) is 0 Å². The van der Waals surface area contributed by atoms with E-state index in [1.165, 1.54) is 32.3 Å². The van der Waals surface area contributed by atoms with Crippen LogP contribution in [0, 0.1) is 0 Å². The summed E-state index contributed by atoms with van der Waals surface area (Å²) in [5.74, 6) is 1.52. The molecular weight excluding hydrogens is 861 g/mol. The first-order chi connectivity index (χ1) is 34.7. The lowest BCUT2D eigenvalue weighted by atomic mass is 9.99. The fraction of sp³-hybridized carbons (Fsp3) is 0. The van der Waals surface area contributed by atoms with E-state index in [1.807, 2.05) is 72.8 Å². The zero-order valence-electron chi connectivity index (χ0n) is 37.1. The molecule has 5 heterocycles. The smallest absolute Gasteiger partial charge is 0.167 e. The van der Waals surface area contributed by atoms with E-state index in [0.717, 1.165) is 104 Å². The molecule has 0 saturated carbocycles. The zero-order valence-corrected chi connectivity index (χ0v) is 37.1. The summed E-state index contributed by atoms with van der Waals surface area (Å²) in [5, 5.41) is 15.2. The highest BCUT2D eigenvalue weighted by Gasteiger charge is 2.24. The van der Waals surface area contributed by atoms with Gasteiger partial charge in [0, 0.05) is 59.9 Å². The molecule has 0 fully saturated rings. The van der Waals surface area contributed by atoms with E-state index in [4.69, 9.17) is 28.2 Å². The number of rotatable bonds is 4. The minimum atomic E-state index is 0.487. The van der Waals surface area contributed by atoms with Crippen molar-refractivity contribution in [1.29, 1.82) is 0 Å². The van der Waals surface area contributed by atoms with Crippen LogP contribution in [0.3, 0.4) is 0 Å². The predicted octanol–water partition coefficient (Wildman–Crippen LogP) is 17.1. The maximum atomic E-state index is 6.93. The number of hydrogen-bond acceptors (Lipinski definition) is 6. The van der Waals surface area contributed by atoms with Crippen LogP contribution in [-0.4, -0.2) is 19.5 Å². The van der Waals surface area contributed by atoms with E-state index in [2.05, 4.69) is 138 Å². The van der Waals surface area contributed by atoms with E-state index < -0.39 is 0 Å². The van der Waals surface area contributed by atoms with Gasteiger partial charge in [0.15, 0.2) is 17.5 Å². The molecule has 0 aliphatic carbocycles. The lowest BCUT2D eigenvalue weighted by Gasteiger charge is -2.13. The van der Waals surface area contributed by atoms with Crippen molar-refractivity contribution in [3.63, 3.8) is 0 Å². The summed E-state index contributed by atoms with van der Waals surface area (Å²) < 4.78 is 22.2. The number of nitrogens with zero attached hydrogens (tertiary/aromatic N) is 4. The average Bonchev–Trinajstić information content (AvgIpc) is 4.18. The summed E-state index contributed by atoms with van der Waals surface area (Å²) in [6.45, 7) is 0. The molecule has 16 rings (SSSR count). The van der Waals surface area contributed by atoms with Gasteiger partial charge in [0.1, 0.15) is 33.5 Å². The van der Waals surface area contributed by atoms with E-state index in [0.29, 0.717) is 23.1 Å². The maximum absolute atomic E-state index is 6.93. The standard InChI is InChI=1S/C63H34N4O3/c1-3-15-37-33-50-47(30-35(37)13-1)48-31-36-14-2-4-16-38(36)34-51(48)67(50)40-27-28-41-39(29-40)32-49(60-59(41)44-19-7-10-24-54(44)70-60)63-65-61(45-20-11-25-55-57(45)42-17-5-8-22-52(42)68-55)64-62(66-63)46-21-12-26-56-58(46)43-18-6-9-23-53(43)69-56/h1-34H. The maximum Gasteiger partial charge on any atom is 0.167 e. The number of furan rings is 3. The van der Waals surface area contributed by atoms with Gasteiger partial charge < -0.3 is 17.8 Å². The Labute approximate surface area is 397 Å². The largest absolute Gasteiger partial charge is 0.456 e. The second-order valence-electron chi connectivity index (χ2n) is 18.3. The Kier molecular flexibility index (Phi) is 7.49. The first-order valence-electron chi connectivity index (χ1n) is 23.5. The summed E-state index contributed by atoms with van der Waals surface area (Å²) in [6.07, 6.45) is 0. The Balaban J connectivity index is 1.01. The Morgan fingerprint density at radius 1 is 0.286 bits per heavy atom. The molecule has 0 aliphatic heterocycles. The molecule has 0 unspecified atom stereocenters. The third-order valence-electron chi connectivity index (χ3n) is 14.4. The van der Waals surface area contributed by atoms with Crippen molar-refractivity contribution in [3.05, 3.63) is 206 Å². The Morgan fingerprint density at radius 2 is 0.729 bits per heavy atom. The highest BCUT2D eigenvalue weighted by Crippen LogP contribution is 2.45. The third kappa shape index (κ3) is 5.31. The second-order valence-corrected chi connectivity index (χ2v) is 18.3. The molecule has 70 heavy (non-hydrogen) atoms. The topological polar surface area (TPSA) is 83.0 Å². The van der Waals surface area contributed by atoms with Crippen molar-refractivity contribution < 1.29 is 13.3 Å². The number of aromatic nitrogens is 4. The summed E-state index contributed by atoms with van der Waals surface area (Å²) in [4.78, 5) is 16.3. The molecule has 11 aromatic carbocycles. The van der Waals surface area contributed by atoms with Crippen LogP contribution in [0.25, 0.3) is 160 Å². The molecule has 0 N–H and O–H groups in total. The highest BCUT2D eigenvalue weighted by atomic mass is 16.3. The molecule has 0 aliphatic rings. The number of hydrogen-bond donors (Lipinski definition) is 0. The minimum absolute atomic E-state index is 0.487. The monoisotopic (exact) mass is 894 g/mol. The fourth-order valence-corrected chi connectivity index (χ4v) is 11.3. The van der Waals surface area contributed by atoms with Crippen LogP contribution in [0.2, 0.25) is 0 Å². The van der Waals surface area contributed by atoms with Crippen molar-refractivity contribution in [2.45, 2.75) is 0 Å². The zero-order chi connectivity index (χ0) is 45.6. The van der Waals surface area contributed by atoms with Gasteiger partial charge in [-0.25, -0.2) is 15.0 Å². The highest BCUT2D eigenvalue weighted by molar-refractivity contribution is 6.23. The van der Waals surface area contributed by atoms with Gasteiger partial charge in [-0.3, -0.25) is 0 Å². The molecule has 5 aromatic heterocycles. The molecule has 0 radical (unpaired) electrons. The molecule has 324 valence electrons. The Bertz CT molecular complexity index is 4690. The summed E-state index contributed by atoms with van der Waals surface area (Å²) in [7, 11) is 0. The van der Waals surface area contributed by atoms with Crippen LogP contribution in [-0.2, 0) is 0 Å². The first-order valence-corrected chi connectivity index (χ1v) is 23.5. The Morgan fingerprint density at radius 3 is 1.27 bits per heavy atom. The van der Waals surface area contributed by atoms with E-state index in [9.17, 15) is 0 Å². The van der Waals surface area contributed by atoms with Gasteiger partial charge in [0.2, 0.25) is 0 Å². The van der Waals surface area contributed by atoms with Gasteiger partial charge in [-0.15, -0.1) is 0 Å². The van der Waals surface area contributed by atoms with Gasteiger partial charge in [0.25, 0.3) is 0 Å². The van der Waals surface area contributed by atoms with E-state index >= 15 is 0 Å². The van der Waals surface area contributed by atoms with Crippen molar-refractivity contribution >= 4 is 120 Å². The molecule has 0 bridgehead atoms. The molecule has 0 atom stereocenters. The summed E-state index contributed by atoms with van der Waals surface area (Å²) >= 11 is 0. The molecule has 7 heteroatoms. The molecular formula is C63H34N4O3. The van der Waals surface area contributed by atoms with E-state index in [1.54, 1.807) is 0 Å². The van der Waals surface area contributed by atoms with Crippen molar-refractivity contribution in [3.8, 4) is 39.9 Å². The third-order valence-corrected chi connectivity index (χ3v) is 14.4. The first kappa shape index (κ1) is 37.5. The van der Waals surface area contributed by atoms with Crippen LogP contribution in [0.4, 0.5) is 0 Å². The number of benzene rings is 11. The van der Waals surface area contributed by atoms with Crippen LogP contribution in [0.5, 0.6) is 0 Å². The normalized spacial score (nSPS) is 12.3. The van der Waals surface area contributed by atoms with Gasteiger partial charge in [-0.2, -0.15) is 0 Å². The number of fused-ring (bicyclic) bond motifs is 16. The van der Waals surface area contributed by atoms with Crippen LogP contribution < -0.4 is 0 Å². The fourth-order valence-electron chi connectivity index (χ4n) is 11.3. The van der Waals surface area contributed by atoms with Gasteiger partial charge >= 0.3 is 0 Å². The van der Waals surface area contributed by atoms with Crippen LogP contribution in [0.15, 0.2) is 220 Å². The van der Waals surface area contributed by atoms with Gasteiger partial charge in [0.05, 0.1) is 16.6 Å². The quantitative estimate of drug-likeness (QED) is 0.175. The minimum Gasteiger partial charge on any atom is -0.456 e. The van der Waals surface area contributed by atoms with Crippen molar-refractivity contribution in [2.24, 2.45) is 0 Å². The lowest BCUT2D eigenvalue weighted by Crippen LogP contribution is -2.01. The Hall–Kier alpha value is -9.59. The SMILES string of the molecule is c1ccc2cc3c(cc2c1)c1cc2ccccc2cc1n3-c1ccc2c(c1)cc(-c1nc(-c3cccc4oc5ccccc5c34)nc(-c3cccc4oc5ccccc5c34)n1)c1oc3ccccc3c12.